The summed E-state index contributed by atoms with van der Waals surface area (Å²) in [4.78, 5) is 24.7. The van der Waals surface area contributed by atoms with Crippen LogP contribution < -0.4 is 15.9 Å². The largest absolute Gasteiger partial charge is 0.508 e. The van der Waals surface area contributed by atoms with Gasteiger partial charge in [-0.2, -0.15) is 0 Å². The smallest absolute Gasteiger partial charge is 0.251 e. The van der Waals surface area contributed by atoms with Crippen molar-refractivity contribution in [3.05, 3.63) is 116 Å². The van der Waals surface area contributed by atoms with Crippen molar-refractivity contribution in [3.8, 4) is 11.5 Å². The second kappa shape index (κ2) is 13.7. The van der Waals surface area contributed by atoms with Crippen LogP contribution in [0.15, 0.2) is 88.5 Å². The van der Waals surface area contributed by atoms with Crippen molar-refractivity contribution in [2.75, 3.05) is 26.4 Å². The van der Waals surface area contributed by atoms with E-state index in [2.05, 4.69) is 0 Å². The van der Waals surface area contributed by atoms with Gasteiger partial charge in [0.15, 0.2) is 12.6 Å². The fourth-order valence-corrected chi connectivity index (χ4v) is 5.59. The summed E-state index contributed by atoms with van der Waals surface area (Å²) in [5, 5.41) is 11.6. The van der Waals surface area contributed by atoms with Crippen molar-refractivity contribution in [2.45, 2.75) is 46.1 Å². The number of aromatic hydroxyl groups is 1. The minimum Gasteiger partial charge on any atom is -0.508 e. The number of ether oxygens (including phenoxy) is 5. The Kier molecular flexibility index (Phi) is 9.27. The number of hydrogen-bond donors (Lipinski definition) is 1. The molecule has 0 aliphatic carbocycles. The Morgan fingerprint density at radius 1 is 0.689 bits per heavy atom. The zero-order valence-corrected chi connectivity index (χ0v) is 25.3. The Labute approximate surface area is 259 Å². The summed E-state index contributed by atoms with van der Waals surface area (Å²) in [5.74, 6) is 0.868. The second-order valence-corrected chi connectivity index (χ2v) is 11.0. The van der Waals surface area contributed by atoms with Gasteiger partial charge in [0, 0.05) is 35.0 Å². The van der Waals surface area contributed by atoms with Crippen LogP contribution in [-0.2, 0) is 38.6 Å². The summed E-state index contributed by atoms with van der Waals surface area (Å²) in [6.45, 7) is 7.25. The molecule has 2 saturated heterocycles. The van der Waals surface area contributed by atoms with E-state index in [1.54, 1.807) is 33.4 Å². The highest BCUT2D eigenvalue weighted by molar-refractivity contribution is 5.84. The molecule has 0 amide bonds. The Bertz CT molecular complexity index is 1910. The van der Waals surface area contributed by atoms with E-state index >= 15 is 0 Å². The fourth-order valence-electron chi connectivity index (χ4n) is 5.59. The van der Waals surface area contributed by atoms with E-state index in [9.17, 15) is 14.7 Å². The SMILES string of the molecule is Cc1cc(=O)n(CC2OCCO2)c2cc(O)ccc12.Cc1cc(=O)n(CC2OCCO2)c2cc(OCc3ccccc3)ccc12. The first kappa shape index (κ1) is 30.5. The molecule has 0 radical (unpaired) electrons. The van der Waals surface area contributed by atoms with Gasteiger partial charge in [-0.15, -0.1) is 0 Å². The van der Waals surface area contributed by atoms with E-state index in [-0.39, 0.29) is 23.2 Å². The minimum atomic E-state index is -0.397. The predicted molar refractivity (Wildman–Crippen MR) is 170 cm³/mol. The third kappa shape index (κ3) is 7.10. The highest BCUT2D eigenvalue weighted by Gasteiger charge is 2.20. The molecule has 10 heteroatoms. The van der Waals surface area contributed by atoms with Gasteiger partial charge in [-0.05, 0) is 54.8 Å². The number of benzene rings is 3. The summed E-state index contributed by atoms with van der Waals surface area (Å²) in [6, 6.07) is 24.1. The van der Waals surface area contributed by atoms with Crippen LogP contribution >= 0.6 is 0 Å². The summed E-state index contributed by atoms with van der Waals surface area (Å²) < 4.78 is 31.0. The topological polar surface area (TPSA) is 110 Å². The van der Waals surface area contributed by atoms with Gasteiger partial charge in [0.2, 0.25) is 0 Å². The second-order valence-electron chi connectivity index (χ2n) is 11.0. The van der Waals surface area contributed by atoms with Gasteiger partial charge in [-0.1, -0.05) is 30.3 Å². The summed E-state index contributed by atoms with van der Waals surface area (Å²) in [7, 11) is 0. The minimum absolute atomic E-state index is 0.0608. The Morgan fingerprint density at radius 2 is 1.20 bits per heavy atom. The Morgan fingerprint density at radius 3 is 1.76 bits per heavy atom. The molecular weight excluding hydrogens is 576 g/mol. The summed E-state index contributed by atoms with van der Waals surface area (Å²) in [6.07, 6.45) is -0.779. The van der Waals surface area contributed by atoms with Crippen molar-refractivity contribution < 1.29 is 28.8 Å². The van der Waals surface area contributed by atoms with Gasteiger partial charge in [0.05, 0.1) is 50.6 Å². The standard InChI is InChI=1S/C21H21NO4.C14H15NO4/c1-15-11-20(23)22(13-21-24-9-10-25-21)19-12-17(7-8-18(15)19)26-14-16-5-3-2-4-6-16;1-9-6-13(17)15(8-14-18-4-5-19-14)12-7-10(16)2-3-11(9)12/h2-8,11-12,21H,9-10,13-14H2,1H3;2-3,6-7,14,16H,4-5,8H2,1H3. The monoisotopic (exact) mass is 612 g/mol. The van der Waals surface area contributed by atoms with Crippen LogP contribution in [0, 0.1) is 13.8 Å². The van der Waals surface area contributed by atoms with Crippen LogP contribution in [0.5, 0.6) is 11.5 Å². The van der Waals surface area contributed by atoms with Gasteiger partial charge in [-0.3, -0.25) is 9.59 Å². The van der Waals surface area contributed by atoms with E-state index in [1.165, 1.54) is 0 Å². The molecule has 45 heavy (non-hydrogen) atoms. The molecule has 0 saturated carbocycles. The molecule has 0 bridgehead atoms. The molecule has 0 atom stereocenters. The molecule has 4 heterocycles. The number of phenolic OH excluding ortho intramolecular Hbond substituents is 1. The summed E-state index contributed by atoms with van der Waals surface area (Å²) in [5.41, 5.74) is 4.29. The predicted octanol–water partition coefficient (Wildman–Crippen LogP) is 4.65. The molecule has 3 aromatic carbocycles. The van der Waals surface area contributed by atoms with Gasteiger partial charge in [0.25, 0.3) is 11.1 Å². The lowest BCUT2D eigenvalue weighted by molar-refractivity contribution is -0.0525. The number of phenols is 1. The van der Waals surface area contributed by atoms with Crippen LogP contribution in [0.3, 0.4) is 0 Å². The molecule has 0 spiro atoms. The zero-order valence-electron chi connectivity index (χ0n) is 25.3. The van der Waals surface area contributed by atoms with Crippen LogP contribution in [0.2, 0.25) is 0 Å². The Hall–Kier alpha value is -4.48. The van der Waals surface area contributed by atoms with E-state index in [0.717, 1.165) is 38.7 Å². The molecule has 2 fully saturated rings. The number of pyridine rings is 2. The quantitative estimate of drug-likeness (QED) is 0.283. The highest BCUT2D eigenvalue weighted by Crippen LogP contribution is 2.25. The molecule has 234 valence electrons. The van der Waals surface area contributed by atoms with E-state index in [0.29, 0.717) is 51.6 Å². The highest BCUT2D eigenvalue weighted by atomic mass is 16.7. The number of fused-ring (bicyclic) bond motifs is 2. The summed E-state index contributed by atoms with van der Waals surface area (Å²) >= 11 is 0. The van der Waals surface area contributed by atoms with Gasteiger partial charge >= 0.3 is 0 Å². The van der Waals surface area contributed by atoms with E-state index in [1.807, 2.05) is 68.4 Å². The maximum absolute atomic E-state index is 12.5. The van der Waals surface area contributed by atoms with Crippen molar-refractivity contribution >= 4 is 21.8 Å². The molecule has 10 nitrogen and oxygen atoms in total. The van der Waals surface area contributed by atoms with Gasteiger partial charge < -0.3 is 37.9 Å². The van der Waals surface area contributed by atoms with E-state index < -0.39 is 6.29 Å². The van der Waals surface area contributed by atoms with Crippen LogP contribution in [-0.4, -0.2) is 53.2 Å². The van der Waals surface area contributed by atoms with E-state index in [4.69, 9.17) is 23.7 Å². The number of rotatable bonds is 7. The molecule has 5 aromatic rings. The number of hydrogen-bond acceptors (Lipinski definition) is 8. The third-order valence-electron chi connectivity index (χ3n) is 7.89. The van der Waals surface area contributed by atoms with Crippen molar-refractivity contribution in [1.29, 1.82) is 0 Å². The molecule has 2 aliphatic heterocycles. The maximum atomic E-state index is 12.5. The first-order valence-electron chi connectivity index (χ1n) is 15.0. The lowest BCUT2D eigenvalue weighted by Gasteiger charge is -2.16. The molecule has 7 rings (SSSR count). The van der Waals surface area contributed by atoms with Crippen molar-refractivity contribution in [2.24, 2.45) is 0 Å². The third-order valence-corrected chi connectivity index (χ3v) is 7.89. The number of aromatic nitrogens is 2. The first-order valence-corrected chi connectivity index (χ1v) is 15.0. The van der Waals surface area contributed by atoms with Crippen molar-refractivity contribution in [1.82, 2.24) is 9.13 Å². The molecule has 0 unspecified atom stereocenters. The lowest BCUT2D eigenvalue weighted by Crippen LogP contribution is -2.27. The van der Waals surface area contributed by atoms with Crippen molar-refractivity contribution in [3.63, 3.8) is 0 Å². The lowest BCUT2D eigenvalue weighted by atomic mass is 10.1. The zero-order chi connectivity index (χ0) is 31.3. The van der Waals surface area contributed by atoms with Crippen LogP contribution in [0.4, 0.5) is 0 Å². The molecule has 2 aliphatic rings. The maximum Gasteiger partial charge on any atom is 0.251 e. The first-order chi connectivity index (χ1) is 21.9. The molecular formula is C35H36N2O8. The number of aryl methyl sites for hydroxylation is 2. The van der Waals surface area contributed by atoms with Crippen LogP contribution in [0.1, 0.15) is 16.7 Å². The normalized spacial score (nSPS) is 15.4. The molecule has 1 N–H and O–H groups in total. The average Bonchev–Trinajstić information content (AvgIpc) is 3.76. The van der Waals surface area contributed by atoms with Crippen LogP contribution in [0.25, 0.3) is 21.8 Å². The number of nitrogens with zero attached hydrogens (tertiary/aromatic N) is 2. The Balaban J connectivity index is 0.000000167. The average molecular weight is 613 g/mol. The fraction of sp³-hybridized carbons (Fsp3) is 0.314. The molecule has 2 aromatic heterocycles. The van der Waals surface area contributed by atoms with Gasteiger partial charge in [-0.25, -0.2) is 0 Å². The van der Waals surface area contributed by atoms with Gasteiger partial charge in [0.1, 0.15) is 18.1 Å².